The lowest BCUT2D eigenvalue weighted by Gasteiger charge is -2.53. The van der Waals surface area contributed by atoms with Gasteiger partial charge in [-0.1, -0.05) is 58.3 Å². The molecule has 6 rings (SSSR count). The Balaban J connectivity index is 1.47. The molecule has 0 amide bonds. The lowest BCUT2D eigenvalue weighted by Crippen LogP contribution is -2.70. The van der Waals surface area contributed by atoms with E-state index in [0.717, 1.165) is 57.8 Å². The van der Waals surface area contributed by atoms with Crippen LogP contribution < -0.4 is 0 Å². The summed E-state index contributed by atoms with van der Waals surface area (Å²) in [5.74, 6) is -0.287. The fraction of sp³-hybridized carbons (Fsp3) is 0.986. The van der Waals surface area contributed by atoms with Gasteiger partial charge in [0.2, 0.25) is 0 Å². The molecular weight excluding hydrogens is 1360 g/mol. The highest BCUT2D eigenvalue weighted by molar-refractivity contribution is 5.69. The van der Waals surface area contributed by atoms with Gasteiger partial charge in [-0.15, -0.1) is 0 Å². The Kier molecular flexibility index (Phi) is 41.6. The van der Waals surface area contributed by atoms with Crippen LogP contribution in [0.15, 0.2) is 0 Å². The van der Waals surface area contributed by atoms with Crippen molar-refractivity contribution in [2.75, 3.05) is 162 Å². The first kappa shape index (κ1) is 90.2. The van der Waals surface area contributed by atoms with E-state index in [-0.39, 0.29) is 51.0 Å². The van der Waals surface area contributed by atoms with Crippen molar-refractivity contribution < 1.29 is 152 Å². The number of hydrogen-bond acceptors (Lipinski definition) is 32. The molecule has 0 aromatic carbocycles. The molecule has 32 nitrogen and oxygen atoms in total. The lowest BCUT2D eigenvalue weighted by molar-refractivity contribution is -0.418. The van der Waals surface area contributed by atoms with E-state index in [0.29, 0.717) is 12.8 Å². The van der Waals surface area contributed by atoms with E-state index in [1.807, 2.05) is 13.8 Å². The molecule has 6 aliphatic heterocycles. The molecule has 32 heteroatoms. The second kappa shape index (κ2) is 47.5. The third-order valence-electron chi connectivity index (χ3n) is 20.7. The van der Waals surface area contributed by atoms with Crippen LogP contribution in [0.3, 0.4) is 0 Å². The van der Waals surface area contributed by atoms with Crippen LogP contribution in [0.5, 0.6) is 0 Å². The number of carbonyl (C=O) groups is 1. The van der Waals surface area contributed by atoms with E-state index in [9.17, 15) is 4.79 Å². The molecule has 0 aromatic rings. The number of hydrogen-bond donors (Lipinski definition) is 0. The maximum Gasteiger partial charge on any atom is 0.308 e. The van der Waals surface area contributed by atoms with Crippen LogP contribution in [0.2, 0.25) is 0 Å². The zero-order valence-electron chi connectivity index (χ0n) is 65.4. The average molecular weight is 1500 g/mol. The number of rotatable bonds is 48. The number of esters is 1. The predicted octanol–water partition coefficient (Wildman–Crippen LogP) is 4.36. The largest absolute Gasteiger partial charge is 0.469 e. The van der Waals surface area contributed by atoms with Gasteiger partial charge in [0.15, 0.2) is 37.7 Å². The van der Waals surface area contributed by atoms with Crippen molar-refractivity contribution in [2.24, 2.45) is 0 Å². The molecule has 103 heavy (non-hydrogen) atoms. The van der Waals surface area contributed by atoms with Crippen LogP contribution in [-0.4, -0.2) is 364 Å². The minimum Gasteiger partial charge on any atom is -0.469 e. The first-order valence-corrected chi connectivity index (χ1v) is 36.3. The third-order valence-corrected chi connectivity index (χ3v) is 20.7. The van der Waals surface area contributed by atoms with Gasteiger partial charge in [-0.05, 0) is 33.1 Å². The Morgan fingerprint density at radius 2 is 0.602 bits per heavy atom. The summed E-state index contributed by atoms with van der Waals surface area (Å²) in [6, 6.07) is 0. The van der Waals surface area contributed by atoms with Gasteiger partial charge in [0.1, 0.15) is 134 Å². The van der Waals surface area contributed by atoms with Gasteiger partial charge < -0.3 is 147 Å². The SMILES string of the molecule is CCCC[C@@H](CCCCCCCC[C@@H](CC(=O)OC)OC)O[C@@H]1O[C@H](CO[C@@H]2O[C@@H](C)[C@H](OC)[C@@H](OC)[C@H]2OC)[C@@H](OC)[C@H](OC)[C@H]1O[C@@H]1O[C@H](COC)[C@@H](OC)[C@H](O[C@@H]2O[C@H](COC)[C@@H](OC)[C@H](OC)[C@H]2OC)[C@H]1O[C@@H]1O[C@@H](C)[C@H](OC)[C@@H](O[C@@H]2O[C@H](COC)[C@@H](OC)[C@H](OC)[C@H]2OC)[C@H]1OC. The van der Waals surface area contributed by atoms with Gasteiger partial charge in [-0.25, -0.2) is 0 Å². The van der Waals surface area contributed by atoms with Crippen molar-refractivity contribution in [1.82, 2.24) is 0 Å². The molecule has 606 valence electrons. The topological polar surface area (TPSA) is 303 Å². The van der Waals surface area contributed by atoms with Gasteiger partial charge >= 0.3 is 5.97 Å². The average Bonchev–Trinajstić information content (AvgIpc) is 0.761. The Hall–Kier alpha value is -1.73. The van der Waals surface area contributed by atoms with Gasteiger partial charge in [-0.2, -0.15) is 0 Å². The molecule has 6 aliphatic rings. The number of methoxy groups -OCH3 is 19. The van der Waals surface area contributed by atoms with Gasteiger partial charge in [0.25, 0.3) is 0 Å². The lowest BCUT2D eigenvalue weighted by atomic mass is 9.94. The molecule has 32 atom stereocenters. The zero-order valence-corrected chi connectivity index (χ0v) is 65.4. The smallest absolute Gasteiger partial charge is 0.308 e. The highest BCUT2D eigenvalue weighted by Gasteiger charge is 2.60. The summed E-state index contributed by atoms with van der Waals surface area (Å²) in [5, 5.41) is 0. The summed E-state index contributed by atoms with van der Waals surface area (Å²) in [5.41, 5.74) is 0. The number of ether oxygens (including phenoxy) is 31. The van der Waals surface area contributed by atoms with E-state index in [2.05, 4.69) is 6.92 Å². The predicted molar refractivity (Wildman–Crippen MR) is 364 cm³/mol. The minimum atomic E-state index is -1.49. The molecule has 0 unspecified atom stereocenters. The molecular formula is C71H130O32. The van der Waals surface area contributed by atoms with Gasteiger partial charge in [-0.3, -0.25) is 4.79 Å². The Morgan fingerprint density at radius 3 is 1.02 bits per heavy atom. The molecule has 0 aliphatic carbocycles. The molecule has 6 fully saturated rings. The standard InChI is InChI=1S/C71H130O32/c1-23-24-31-41(32-29-27-25-26-28-30-33-42(76-7)34-47(72)77-8)95-70-64(57(87-18)52(82-13)46(99-70)38-92-66-60(88-19)54(84-15)48(78-9)39(2)93-66)102-71-65(59(53(83-14)45(98-71)37-75-6)101-69-62(90-21)56(86-17)51(81-12)44(97-69)36-74-5)103-67-63(91-22)58(49(79-10)40(3)94-67)100-68-61(89-20)55(85-16)50(80-11)43(96-68)35-73-4/h39-46,48-71H,23-38H2,1-22H3/t39-,40-,41-,42-,43+,44+,45+,46+,48-,49-,50+,51+,52+,53+,54+,55-,56-,57-,58+,59-,60+,61+,62+,63+,64+,65+,66+,67-,68-,69-,70+,71-/m0/s1. The highest BCUT2D eigenvalue weighted by atomic mass is 16.8. The van der Waals surface area contributed by atoms with E-state index in [1.54, 1.807) is 99.5 Å². The first-order chi connectivity index (χ1) is 50.0. The second-order valence-corrected chi connectivity index (χ2v) is 26.7. The quantitative estimate of drug-likeness (QED) is 0.0604. The fourth-order valence-electron chi connectivity index (χ4n) is 15.4. The summed E-state index contributed by atoms with van der Waals surface area (Å²) in [7, 11) is 29.5. The number of unbranched alkanes of at least 4 members (excludes halogenated alkanes) is 6. The molecule has 0 spiro atoms. The van der Waals surface area contributed by atoms with Crippen molar-refractivity contribution in [2.45, 2.75) is 294 Å². The van der Waals surface area contributed by atoms with Crippen molar-refractivity contribution in [1.29, 1.82) is 0 Å². The second-order valence-electron chi connectivity index (χ2n) is 26.7. The molecule has 0 saturated carbocycles. The molecule has 0 N–H and O–H groups in total. The summed E-state index contributed by atoms with van der Waals surface area (Å²) >= 11 is 0. The van der Waals surface area contributed by atoms with Crippen molar-refractivity contribution in [3.05, 3.63) is 0 Å². The number of carbonyl (C=O) groups excluding carboxylic acids is 1. The molecule has 0 radical (unpaired) electrons. The van der Waals surface area contributed by atoms with Crippen molar-refractivity contribution in [3.63, 3.8) is 0 Å². The van der Waals surface area contributed by atoms with Crippen molar-refractivity contribution >= 4 is 5.97 Å². The van der Waals surface area contributed by atoms with Crippen LogP contribution in [-0.2, 0) is 152 Å². The van der Waals surface area contributed by atoms with E-state index >= 15 is 0 Å². The van der Waals surface area contributed by atoms with Crippen LogP contribution in [0.4, 0.5) is 0 Å². The maximum atomic E-state index is 12.0. The van der Waals surface area contributed by atoms with E-state index < -0.39 is 184 Å². The Morgan fingerprint density at radius 1 is 0.301 bits per heavy atom. The highest BCUT2D eigenvalue weighted by Crippen LogP contribution is 2.42. The minimum absolute atomic E-state index is 0.0407. The van der Waals surface area contributed by atoms with E-state index in [4.69, 9.17) is 147 Å². The first-order valence-electron chi connectivity index (χ1n) is 36.3. The monoisotopic (exact) mass is 1490 g/mol. The van der Waals surface area contributed by atoms with Gasteiger partial charge in [0.05, 0.1) is 64.4 Å². The fourth-order valence-corrected chi connectivity index (χ4v) is 15.4. The Bertz CT molecular complexity index is 2240. The van der Waals surface area contributed by atoms with Crippen LogP contribution >= 0.6 is 0 Å². The molecule has 0 bridgehead atoms. The molecule has 6 heterocycles. The van der Waals surface area contributed by atoms with Crippen LogP contribution in [0.25, 0.3) is 0 Å². The zero-order chi connectivity index (χ0) is 75.3. The third kappa shape index (κ3) is 23.4. The van der Waals surface area contributed by atoms with Gasteiger partial charge in [0, 0.05) is 128 Å². The summed E-state index contributed by atoms with van der Waals surface area (Å²) < 4.78 is 199. The van der Waals surface area contributed by atoms with Crippen molar-refractivity contribution in [3.8, 4) is 0 Å². The van der Waals surface area contributed by atoms with E-state index in [1.165, 1.54) is 35.5 Å². The summed E-state index contributed by atoms with van der Waals surface area (Å²) in [6.45, 7) is 5.94. The molecule has 6 saturated heterocycles. The Labute approximate surface area is 611 Å². The van der Waals surface area contributed by atoms with Crippen LogP contribution in [0.1, 0.15) is 97.8 Å². The molecule has 0 aromatic heterocycles. The maximum absolute atomic E-state index is 12.0. The summed E-state index contributed by atoms with van der Waals surface area (Å²) in [4.78, 5) is 12.0. The van der Waals surface area contributed by atoms with Crippen LogP contribution in [0, 0.1) is 0 Å². The summed E-state index contributed by atoms with van der Waals surface area (Å²) in [6.07, 6.45) is -18.4. The normalized spacial score (nSPS) is 39.5.